The molecule has 6 heteroatoms. The molecule has 0 spiro atoms. The van der Waals surface area contributed by atoms with Gasteiger partial charge in [-0.3, -0.25) is 9.57 Å². The summed E-state index contributed by atoms with van der Waals surface area (Å²) in [6, 6.07) is 0. The van der Waals surface area contributed by atoms with E-state index in [1.54, 1.807) is 6.92 Å². The third kappa shape index (κ3) is 4.23. The second kappa shape index (κ2) is 4.06. The van der Waals surface area contributed by atoms with Gasteiger partial charge in [-0.2, -0.15) is 0 Å². The number of nitrogens with one attached hydrogen (secondary N) is 1. The molecule has 0 rings (SSSR count). The third-order valence-electron chi connectivity index (χ3n) is 1.91. The fourth-order valence-electron chi connectivity index (χ4n) is 0.628. The normalized spacial score (nSPS) is 20.2. The maximum absolute atomic E-state index is 11.2. The summed E-state index contributed by atoms with van der Waals surface area (Å²) in [7, 11) is -2.63. The summed E-state index contributed by atoms with van der Waals surface area (Å²) in [5, 5.41) is 8.63. The second-order valence-electron chi connectivity index (χ2n) is 3.28. The Morgan fingerprint density at radius 3 is 2.46 bits per heavy atom. The van der Waals surface area contributed by atoms with Crippen molar-refractivity contribution in [1.29, 1.82) is 4.78 Å². The monoisotopic (exact) mass is 208 g/mol. The van der Waals surface area contributed by atoms with Crippen LogP contribution in [-0.2, 0) is 14.5 Å². The summed E-state index contributed by atoms with van der Waals surface area (Å²) >= 11 is 0. The average Bonchev–Trinajstić information content (AvgIpc) is 2.01. The molecule has 0 aliphatic carbocycles. The zero-order valence-electron chi connectivity index (χ0n) is 7.87. The molecular formula is C7H16N2O3S. The molecule has 13 heavy (non-hydrogen) atoms. The fraction of sp³-hybridized carbons (Fsp3) is 0.857. The number of hydrogen-bond donors (Lipinski definition) is 3. The van der Waals surface area contributed by atoms with Crippen molar-refractivity contribution in [3.05, 3.63) is 0 Å². The molecule has 0 fully saturated rings. The summed E-state index contributed by atoms with van der Waals surface area (Å²) in [5.74, 6) is -0.843. The number of hydrogen-bond acceptors (Lipinski definition) is 4. The highest BCUT2D eigenvalue weighted by Crippen LogP contribution is 2.08. The summed E-state index contributed by atoms with van der Waals surface area (Å²) in [6.45, 7) is 3.00. The number of aliphatic carboxylic acids is 1. The van der Waals surface area contributed by atoms with Gasteiger partial charge in [-0.05, 0) is 13.3 Å². The average molecular weight is 208 g/mol. The quantitative estimate of drug-likeness (QED) is 0.602. The zero-order valence-corrected chi connectivity index (χ0v) is 8.69. The van der Waals surface area contributed by atoms with Gasteiger partial charge in [-0.25, -0.2) is 4.21 Å². The molecule has 0 aromatic heterocycles. The molecule has 0 radical (unpaired) electrons. The molecule has 4 N–H and O–H groups in total. The van der Waals surface area contributed by atoms with Crippen LogP contribution in [0.25, 0.3) is 0 Å². The highest BCUT2D eigenvalue weighted by Gasteiger charge is 2.28. The van der Waals surface area contributed by atoms with Crippen LogP contribution in [0.15, 0.2) is 0 Å². The van der Waals surface area contributed by atoms with E-state index in [1.807, 2.05) is 0 Å². The molecule has 2 atom stereocenters. The Morgan fingerprint density at radius 2 is 2.15 bits per heavy atom. The molecule has 78 valence electrons. The summed E-state index contributed by atoms with van der Waals surface area (Å²) in [6.07, 6.45) is 0.0680. The second-order valence-corrected chi connectivity index (χ2v) is 5.89. The van der Waals surface area contributed by atoms with Gasteiger partial charge < -0.3 is 10.8 Å². The topological polar surface area (TPSA) is 104 Å². The van der Waals surface area contributed by atoms with E-state index in [4.69, 9.17) is 15.6 Å². The van der Waals surface area contributed by atoms with E-state index in [9.17, 15) is 9.00 Å². The van der Waals surface area contributed by atoms with Gasteiger partial charge in [0.15, 0.2) is 0 Å². The van der Waals surface area contributed by atoms with Crippen LogP contribution in [0.5, 0.6) is 0 Å². The number of rotatable bonds is 5. The van der Waals surface area contributed by atoms with Crippen LogP contribution in [0, 0.1) is 4.78 Å². The van der Waals surface area contributed by atoms with E-state index < -0.39 is 21.2 Å². The van der Waals surface area contributed by atoms with E-state index in [-0.39, 0.29) is 17.9 Å². The Balaban J connectivity index is 4.26. The van der Waals surface area contributed by atoms with E-state index in [0.717, 1.165) is 0 Å². The third-order valence-corrected chi connectivity index (χ3v) is 3.70. The van der Waals surface area contributed by atoms with Gasteiger partial charge in [-0.15, -0.1) is 0 Å². The van der Waals surface area contributed by atoms with E-state index in [2.05, 4.69) is 0 Å². The van der Waals surface area contributed by atoms with Gasteiger partial charge >= 0.3 is 5.97 Å². The Bertz CT molecular complexity index is 282. The number of carbonyl (C=O) groups is 1. The maximum atomic E-state index is 11.2. The zero-order chi connectivity index (χ0) is 10.7. The SMILES string of the molecule is CCS(=N)(=O)CCC(C)(N)C(=O)O. The van der Waals surface area contributed by atoms with Crippen molar-refractivity contribution in [1.82, 2.24) is 0 Å². The van der Waals surface area contributed by atoms with Gasteiger partial charge in [0.25, 0.3) is 0 Å². The van der Waals surface area contributed by atoms with Gasteiger partial charge in [-0.1, -0.05) is 6.92 Å². The molecule has 5 nitrogen and oxygen atoms in total. The smallest absolute Gasteiger partial charge is 0.323 e. The molecule has 0 saturated carbocycles. The van der Waals surface area contributed by atoms with Crippen LogP contribution in [0.2, 0.25) is 0 Å². The first-order valence-electron chi connectivity index (χ1n) is 3.98. The molecule has 0 bridgehead atoms. The van der Waals surface area contributed by atoms with Crippen molar-refractivity contribution in [2.45, 2.75) is 25.8 Å². The van der Waals surface area contributed by atoms with Crippen LogP contribution in [0.1, 0.15) is 20.3 Å². The lowest BCUT2D eigenvalue weighted by atomic mass is 10.0. The number of carboxylic acids is 1. The minimum Gasteiger partial charge on any atom is -0.480 e. The first kappa shape index (κ1) is 12.4. The lowest BCUT2D eigenvalue weighted by Gasteiger charge is -2.19. The van der Waals surface area contributed by atoms with E-state index >= 15 is 0 Å². The van der Waals surface area contributed by atoms with E-state index in [0.29, 0.717) is 0 Å². The van der Waals surface area contributed by atoms with Crippen LogP contribution in [0.3, 0.4) is 0 Å². The highest BCUT2D eigenvalue weighted by molar-refractivity contribution is 7.92. The van der Waals surface area contributed by atoms with Gasteiger partial charge in [0, 0.05) is 21.2 Å². The van der Waals surface area contributed by atoms with Crippen LogP contribution >= 0.6 is 0 Å². The summed E-state index contributed by atoms with van der Waals surface area (Å²) in [5.41, 5.74) is 4.04. The molecule has 0 aromatic carbocycles. The van der Waals surface area contributed by atoms with Crippen LogP contribution in [0.4, 0.5) is 0 Å². The molecule has 0 aromatic rings. The van der Waals surface area contributed by atoms with Crippen molar-refractivity contribution < 1.29 is 14.1 Å². The predicted octanol–water partition coefficient (Wildman–Crippen LogP) is 0.245. The lowest BCUT2D eigenvalue weighted by Crippen LogP contribution is -2.46. The lowest BCUT2D eigenvalue weighted by molar-refractivity contribution is -0.142. The first-order valence-corrected chi connectivity index (χ1v) is 5.87. The maximum Gasteiger partial charge on any atom is 0.323 e. The number of nitrogens with two attached hydrogens (primary N) is 1. The Morgan fingerprint density at radius 1 is 1.69 bits per heavy atom. The Kier molecular flexibility index (Phi) is 3.87. The molecule has 2 unspecified atom stereocenters. The molecule has 0 amide bonds. The van der Waals surface area contributed by atoms with Crippen molar-refractivity contribution in [2.24, 2.45) is 5.73 Å². The fourth-order valence-corrected chi connectivity index (χ4v) is 1.67. The molecule has 0 aliphatic heterocycles. The molecule has 0 aliphatic rings. The standard InChI is InChI=1S/C7H16N2O3S/c1-3-13(9,12)5-4-7(2,8)6(10)11/h9H,3-5,8H2,1-2H3,(H,10,11). The van der Waals surface area contributed by atoms with Crippen LogP contribution < -0.4 is 5.73 Å². The molecule has 0 heterocycles. The minimum atomic E-state index is -2.63. The first-order chi connectivity index (χ1) is 5.71. The van der Waals surface area contributed by atoms with Crippen molar-refractivity contribution in [3.8, 4) is 0 Å². The Hall–Kier alpha value is -0.620. The summed E-state index contributed by atoms with van der Waals surface area (Å²) < 4.78 is 18.5. The van der Waals surface area contributed by atoms with Gasteiger partial charge in [0.1, 0.15) is 5.54 Å². The van der Waals surface area contributed by atoms with Crippen molar-refractivity contribution in [3.63, 3.8) is 0 Å². The largest absolute Gasteiger partial charge is 0.480 e. The predicted molar refractivity (Wildman–Crippen MR) is 51.1 cm³/mol. The Labute approximate surface area is 78.3 Å². The highest BCUT2D eigenvalue weighted by atomic mass is 32.2. The van der Waals surface area contributed by atoms with Gasteiger partial charge in [0.2, 0.25) is 0 Å². The van der Waals surface area contributed by atoms with Crippen LogP contribution in [-0.4, -0.2) is 32.3 Å². The van der Waals surface area contributed by atoms with E-state index in [1.165, 1.54) is 6.92 Å². The molecule has 0 saturated heterocycles. The summed E-state index contributed by atoms with van der Waals surface area (Å²) in [4.78, 5) is 10.5. The number of carboxylic acid groups (broad SMARTS) is 1. The minimum absolute atomic E-state index is 0.0444. The molecular weight excluding hydrogens is 192 g/mol. The van der Waals surface area contributed by atoms with Gasteiger partial charge in [0.05, 0.1) is 0 Å². The van der Waals surface area contributed by atoms with Crippen molar-refractivity contribution in [2.75, 3.05) is 11.5 Å². The van der Waals surface area contributed by atoms with Crippen molar-refractivity contribution >= 4 is 15.7 Å².